The molecule has 344 valence electrons. The Morgan fingerprint density at radius 3 is 1.69 bits per heavy atom. The predicted molar refractivity (Wildman–Crippen MR) is 253 cm³/mol. The van der Waals surface area contributed by atoms with Gasteiger partial charge < -0.3 is 24.0 Å². The molecule has 11 heteroatoms. The number of carbonyl (C=O) groups is 2. The Bertz CT molecular complexity index is 1460. The largest absolute Gasteiger partial charge is 0.472 e. The number of hydrogen-bond acceptors (Lipinski definition) is 8. The second kappa shape index (κ2) is 40.4. The van der Waals surface area contributed by atoms with Crippen LogP contribution < -0.4 is 0 Å². The Labute approximate surface area is 370 Å². The van der Waals surface area contributed by atoms with Crippen molar-refractivity contribution < 1.29 is 47.2 Å². The molecule has 0 spiro atoms. The van der Waals surface area contributed by atoms with Gasteiger partial charge in [0.05, 0.1) is 33.9 Å². The maximum absolute atomic E-state index is 12.7. The van der Waals surface area contributed by atoms with Gasteiger partial charge in [0.15, 0.2) is 6.10 Å². The molecule has 0 bridgehead atoms. The minimum atomic E-state index is -4.43. The molecule has 0 aliphatic rings. The Morgan fingerprint density at radius 2 is 1.11 bits per heavy atom. The first-order valence-corrected chi connectivity index (χ1v) is 23.9. The van der Waals surface area contributed by atoms with E-state index >= 15 is 0 Å². The van der Waals surface area contributed by atoms with Crippen LogP contribution in [0.1, 0.15) is 123 Å². The second-order valence-corrected chi connectivity index (χ2v) is 17.0. The van der Waals surface area contributed by atoms with Gasteiger partial charge in [-0.3, -0.25) is 18.6 Å². The standard InChI is InChI=1S/C50H80NO9P/c1-6-8-10-12-14-16-18-20-21-22-23-25-27-29-31-33-37-42-50(54)60-48(46-59-61(55,56)58-44-43-51(3,4)5)45-57-49(53)41-38-34-36-40-47(52)39-35-32-30-28-26-24-19-17-15-13-11-9-7-2/h8-11,14-17,20-21,23-26,30,32,34-36,39,47-48,52H,6-7,12-13,18-19,22,27-29,31,33,37-38,40-46H2,1-5H3/p+1/b10-8-,11-9-,16-14-,17-15-,21-20-,25-23-,26-24-,32-30-,36-34-,39-35-/t47?,48-/m1/s1. The minimum absolute atomic E-state index is 0.00881. The van der Waals surface area contributed by atoms with E-state index < -0.39 is 38.6 Å². The summed E-state index contributed by atoms with van der Waals surface area (Å²) in [6.45, 7) is 3.92. The number of esters is 2. The lowest BCUT2D eigenvalue weighted by atomic mass is 10.1. The molecule has 0 fully saturated rings. The van der Waals surface area contributed by atoms with Crippen molar-refractivity contribution in [2.45, 2.75) is 135 Å². The summed E-state index contributed by atoms with van der Waals surface area (Å²) in [5.41, 5.74) is 0. The molecule has 0 aliphatic heterocycles. The Morgan fingerprint density at radius 1 is 0.590 bits per heavy atom. The molecule has 0 saturated carbocycles. The highest BCUT2D eigenvalue weighted by atomic mass is 31.2. The van der Waals surface area contributed by atoms with Crippen molar-refractivity contribution in [1.29, 1.82) is 0 Å². The monoisotopic (exact) mass is 871 g/mol. The molecule has 2 unspecified atom stereocenters. The van der Waals surface area contributed by atoms with E-state index in [1.54, 1.807) is 18.2 Å². The SMILES string of the molecule is CC/C=C\C/C=C\C/C=C\C/C=C\C=C/C(O)C/C=C\CCC(=O)OC[C@H](COP(=O)(O)OCC[N+](C)(C)C)OC(=O)CCCCCC/C=C\C/C=C\C/C=C\C/C=C\CC. The van der Waals surface area contributed by atoms with Crippen molar-refractivity contribution in [3.63, 3.8) is 0 Å². The van der Waals surface area contributed by atoms with Crippen molar-refractivity contribution in [2.24, 2.45) is 0 Å². The lowest BCUT2D eigenvalue weighted by molar-refractivity contribution is -0.870. The van der Waals surface area contributed by atoms with Crippen LogP contribution in [0, 0.1) is 0 Å². The van der Waals surface area contributed by atoms with E-state index in [0.29, 0.717) is 30.3 Å². The minimum Gasteiger partial charge on any atom is -0.462 e. The van der Waals surface area contributed by atoms with E-state index in [4.69, 9.17) is 18.5 Å². The zero-order valence-corrected chi connectivity index (χ0v) is 39.1. The van der Waals surface area contributed by atoms with Crippen LogP contribution in [0.5, 0.6) is 0 Å². The number of phosphoric acid groups is 1. The van der Waals surface area contributed by atoms with Crippen LogP contribution >= 0.6 is 7.82 Å². The van der Waals surface area contributed by atoms with Gasteiger partial charge in [0.1, 0.15) is 19.8 Å². The summed E-state index contributed by atoms with van der Waals surface area (Å²) >= 11 is 0. The summed E-state index contributed by atoms with van der Waals surface area (Å²) in [6, 6.07) is 0. The van der Waals surface area contributed by atoms with Crippen LogP contribution in [0.25, 0.3) is 0 Å². The van der Waals surface area contributed by atoms with Crippen molar-refractivity contribution in [2.75, 3.05) is 47.5 Å². The number of likely N-dealkylation sites (N-methyl/N-ethyl adjacent to an activating group) is 1. The third-order valence-electron chi connectivity index (χ3n) is 8.58. The first kappa shape index (κ1) is 57.4. The van der Waals surface area contributed by atoms with Gasteiger partial charge in [0, 0.05) is 12.8 Å². The molecule has 61 heavy (non-hydrogen) atoms. The number of allylic oxidation sites excluding steroid dienone is 18. The maximum atomic E-state index is 12.7. The van der Waals surface area contributed by atoms with Gasteiger partial charge in [-0.2, -0.15) is 0 Å². The molecule has 3 atom stereocenters. The zero-order valence-electron chi connectivity index (χ0n) is 38.2. The third kappa shape index (κ3) is 44.2. The normalized spacial score (nSPS) is 15.2. The van der Waals surface area contributed by atoms with Crippen LogP contribution in [0.15, 0.2) is 122 Å². The van der Waals surface area contributed by atoms with Gasteiger partial charge in [-0.05, 0) is 83.5 Å². The number of ether oxygens (including phenoxy) is 2. The molecule has 0 aromatic heterocycles. The van der Waals surface area contributed by atoms with E-state index in [2.05, 4.69) is 98.9 Å². The van der Waals surface area contributed by atoms with Crippen LogP contribution in [0.3, 0.4) is 0 Å². The molecule has 0 amide bonds. The first-order valence-electron chi connectivity index (χ1n) is 22.4. The van der Waals surface area contributed by atoms with E-state index in [1.165, 1.54) is 0 Å². The average molecular weight is 871 g/mol. The maximum Gasteiger partial charge on any atom is 0.472 e. The average Bonchev–Trinajstić information content (AvgIpc) is 3.21. The molecular weight excluding hydrogens is 790 g/mol. The summed E-state index contributed by atoms with van der Waals surface area (Å²) < 4.78 is 34.1. The molecule has 0 radical (unpaired) electrons. The number of rotatable bonds is 38. The van der Waals surface area contributed by atoms with Gasteiger partial charge >= 0.3 is 19.8 Å². The van der Waals surface area contributed by atoms with Gasteiger partial charge in [0.25, 0.3) is 0 Å². The lowest BCUT2D eigenvalue weighted by Gasteiger charge is -2.24. The molecule has 0 aromatic rings. The lowest BCUT2D eigenvalue weighted by Crippen LogP contribution is -2.37. The van der Waals surface area contributed by atoms with E-state index in [-0.39, 0.29) is 26.1 Å². The van der Waals surface area contributed by atoms with Crippen molar-refractivity contribution in [3.05, 3.63) is 122 Å². The molecule has 0 aliphatic carbocycles. The summed E-state index contributed by atoms with van der Waals surface area (Å²) in [7, 11) is 1.34. The molecular formula is C50H81NO9P+. The fraction of sp³-hybridized carbons (Fsp3) is 0.560. The number of hydrogen-bond donors (Lipinski definition) is 2. The molecule has 2 N–H and O–H groups in total. The van der Waals surface area contributed by atoms with E-state index in [1.807, 2.05) is 39.4 Å². The number of unbranched alkanes of at least 4 members (excludes halogenated alkanes) is 4. The topological polar surface area (TPSA) is 129 Å². The quantitative estimate of drug-likeness (QED) is 0.0156. The summed E-state index contributed by atoms with van der Waals surface area (Å²) in [5, 5.41) is 10.2. The number of nitrogens with zero attached hydrogens (tertiary/aromatic N) is 1. The highest BCUT2D eigenvalue weighted by Gasteiger charge is 2.27. The number of aliphatic hydroxyl groups excluding tert-OH is 1. The van der Waals surface area contributed by atoms with Crippen LogP contribution in [0.2, 0.25) is 0 Å². The molecule has 0 rings (SSSR count). The molecule has 0 aromatic carbocycles. The number of phosphoric ester groups is 1. The predicted octanol–water partition coefficient (Wildman–Crippen LogP) is 11.9. The number of aliphatic hydroxyl groups is 1. The molecule has 0 heterocycles. The fourth-order valence-electron chi connectivity index (χ4n) is 5.11. The van der Waals surface area contributed by atoms with Crippen molar-refractivity contribution >= 4 is 19.8 Å². The van der Waals surface area contributed by atoms with Crippen LogP contribution in [0.4, 0.5) is 0 Å². The molecule has 10 nitrogen and oxygen atoms in total. The fourth-order valence-corrected chi connectivity index (χ4v) is 5.85. The van der Waals surface area contributed by atoms with Crippen LogP contribution in [-0.4, -0.2) is 86.1 Å². The van der Waals surface area contributed by atoms with E-state index in [9.17, 15) is 24.2 Å². The highest BCUT2D eigenvalue weighted by molar-refractivity contribution is 7.47. The number of quaternary nitrogens is 1. The van der Waals surface area contributed by atoms with Crippen molar-refractivity contribution in [3.8, 4) is 0 Å². The van der Waals surface area contributed by atoms with Crippen LogP contribution in [-0.2, 0) is 32.7 Å². The summed E-state index contributed by atoms with van der Waals surface area (Å²) in [6.07, 6.45) is 52.8. The Hall–Kier alpha value is -3.63. The highest BCUT2D eigenvalue weighted by Crippen LogP contribution is 2.43. The van der Waals surface area contributed by atoms with Crippen molar-refractivity contribution in [1.82, 2.24) is 0 Å². The summed E-state index contributed by atoms with van der Waals surface area (Å²) in [4.78, 5) is 35.4. The molecule has 0 saturated heterocycles. The van der Waals surface area contributed by atoms with Gasteiger partial charge in [0.2, 0.25) is 0 Å². The van der Waals surface area contributed by atoms with Gasteiger partial charge in [-0.25, -0.2) is 4.57 Å². The van der Waals surface area contributed by atoms with Gasteiger partial charge in [-0.1, -0.05) is 148 Å². The first-order chi connectivity index (χ1) is 29.4. The summed E-state index contributed by atoms with van der Waals surface area (Å²) in [5.74, 6) is -1.02. The zero-order chi connectivity index (χ0) is 45.1. The Kier molecular flexibility index (Phi) is 38.0. The number of carbonyl (C=O) groups excluding carboxylic acids is 2. The second-order valence-electron chi connectivity index (χ2n) is 15.5. The third-order valence-corrected chi connectivity index (χ3v) is 9.57. The smallest absolute Gasteiger partial charge is 0.462 e. The van der Waals surface area contributed by atoms with E-state index in [0.717, 1.165) is 77.0 Å². The Balaban J connectivity index is 4.63. The van der Waals surface area contributed by atoms with Gasteiger partial charge in [-0.15, -0.1) is 0 Å².